The van der Waals surface area contributed by atoms with Crippen molar-refractivity contribution in [3.63, 3.8) is 0 Å². The SMILES string of the molecule is CC(C)[C@H]1CC[C@](C)(c2cncc(CO)n2)c2nnc(-c3c(F)cccc3F)cc21. The van der Waals surface area contributed by atoms with Gasteiger partial charge in [-0.2, -0.15) is 5.10 Å². The lowest BCUT2D eigenvalue weighted by Gasteiger charge is -2.39. The van der Waals surface area contributed by atoms with Gasteiger partial charge in [0.2, 0.25) is 0 Å². The van der Waals surface area contributed by atoms with Crippen molar-refractivity contribution >= 4 is 0 Å². The second kappa shape index (κ2) is 7.80. The van der Waals surface area contributed by atoms with Gasteiger partial charge < -0.3 is 5.11 Å². The molecule has 0 bridgehead atoms. The predicted octanol–water partition coefficient (Wildman–Crippen LogP) is 4.54. The van der Waals surface area contributed by atoms with Crippen molar-refractivity contribution in [3.05, 3.63) is 70.9 Å². The van der Waals surface area contributed by atoms with Crippen LogP contribution in [0.2, 0.25) is 0 Å². The highest BCUT2D eigenvalue weighted by Crippen LogP contribution is 2.48. The number of aliphatic hydroxyl groups excluding tert-OH is 1. The summed E-state index contributed by atoms with van der Waals surface area (Å²) in [5.41, 5.74) is 2.34. The van der Waals surface area contributed by atoms with Crippen molar-refractivity contribution in [2.75, 3.05) is 0 Å². The van der Waals surface area contributed by atoms with Crippen LogP contribution in [0.1, 0.15) is 62.2 Å². The summed E-state index contributed by atoms with van der Waals surface area (Å²) in [4.78, 5) is 8.79. The average Bonchev–Trinajstić information content (AvgIpc) is 2.73. The first kappa shape index (κ1) is 20.5. The fourth-order valence-electron chi connectivity index (χ4n) is 4.39. The first-order valence-electron chi connectivity index (χ1n) is 10.1. The molecule has 30 heavy (non-hydrogen) atoms. The van der Waals surface area contributed by atoms with Crippen LogP contribution in [-0.4, -0.2) is 25.3 Å². The van der Waals surface area contributed by atoms with Crippen molar-refractivity contribution in [1.82, 2.24) is 20.2 Å². The third-order valence-electron chi connectivity index (χ3n) is 6.14. The van der Waals surface area contributed by atoms with Gasteiger partial charge in [-0.3, -0.25) is 9.97 Å². The minimum atomic E-state index is -0.662. The van der Waals surface area contributed by atoms with E-state index in [1.54, 1.807) is 12.3 Å². The number of halogens is 2. The molecule has 0 amide bonds. The van der Waals surface area contributed by atoms with E-state index in [0.717, 1.165) is 24.1 Å². The molecule has 2 heterocycles. The number of hydrogen-bond donors (Lipinski definition) is 1. The smallest absolute Gasteiger partial charge is 0.135 e. The molecule has 1 aliphatic carbocycles. The van der Waals surface area contributed by atoms with Crippen molar-refractivity contribution in [2.24, 2.45) is 5.92 Å². The normalized spacial score (nSPS) is 21.0. The fourth-order valence-corrected chi connectivity index (χ4v) is 4.39. The van der Waals surface area contributed by atoms with E-state index >= 15 is 0 Å². The highest BCUT2D eigenvalue weighted by Gasteiger charge is 2.42. The third-order valence-corrected chi connectivity index (χ3v) is 6.14. The van der Waals surface area contributed by atoms with E-state index < -0.39 is 17.0 Å². The molecule has 3 aromatic rings. The van der Waals surface area contributed by atoms with Gasteiger partial charge in [0.1, 0.15) is 11.6 Å². The molecule has 7 heteroatoms. The zero-order chi connectivity index (χ0) is 21.5. The van der Waals surface area contributed by atoms with Crippen LogP contribution >= 0.6 is 0 Å². The quantitative estimate of drug-likeness (QED) is 0.684. The molecule has 1 aromatic carbocycles. The van der Waals surface area contributed by atoms with E-state index in [9.17, 15) is 13.9 Å². The molecular formula is C23H24F2N4O. The van der Waals surface area contributed by atoms with E-state index in [1.807, 2.05) is 6.92 Å². The zero-order valence-electron chi connectivity index (χ0n) is 17.2. The Balaban J connectivity index is 1.90. The van der Waals surface area contributed by atoms with Gasteiger partial charge in [-0.15, -0.1) is 5.10 Å². The molecule has 0 saturated carbocycles. The highest BCUT2D eigenvalue weighted by molar-refractivity contribution is 5.62. The van der Waals surface area contributed by atoms with Crippen LogP contribution in [0.15, 0.2) is 36.7 Å². The summed E-state index contributed by atoms with van der Waals surface area (Å²) >= 11 is 0. The number of hydrogen-bond acceptors (Lipinski definition) is 5. The Hall–Kier alpha value is -2.80. The van der Waals surface area contributed by atoms with Crippen LogP contribution in [0.5, 0.6) is 0 Å². The zero-order valence-corrected chi connectivity index (χ0v) is 17.2. The van der Waals surface area contributed by atoms with Gasteiger partial charge in [-0.05, 0) is 55.4 Å². The fraction of sp³-hybridized carbons (Fsp3) is 0.391. The summed E-state index contributed by atoms with van der Waals surface area (Å²) in [6.45, 7) is 6.10. The number of nitrogens with zero attached hydrogens (tertiary/aromatic N) is 4. The summed E-state index contributed by atoms with van der Waals surface area (Å²) in [6.07, 6.45) is 4.87. The molecule has 2 aromatic heterocycles. The Labute approximate surface area is 174 Å². The molecular weight excluding hydrogens is 386 g/mol. The van der Waals surface area contributed by atoms with E-state index in [4.69, 9.17) is 0 Å². The second-order valence-corrected chi connectivity index (χ2v) is 8.41. The number of aromatic nitrogens is 4. The molecule has 1 N–H and O–H groups in total. The Morgan fingerprint density at radius 3 is 2.57 bits per heavy atom. The number of fused-ring (bicyclic) bond motifs is 1. The lowest BCUT2D eigenvalue weighted by atomic mass is 9.66. The number of benzene rings is 1. The average molecular weight is 410 g/mol. The monoisotopic (exact) mass is 410 g/mol. The summed E-state index contributed by atoms with van der Waals surface area (Å²) < 4.78 is 28.7. The molecule has 5 nitrogen and oxygen atoms in total. The highest BCUT2D eigenvalue weighted by atomic mass is 19.1. The lowest BCUT2D eigenvalue weighted by molar-refractivity contribution is 0.274. The van der Waals surface area contributed by atoms with Gasteiger partial charge in [0, 0.05) is 6.20 Å². The van der Waals surface area contributed by atoms with Crippen molar-refractivity contribution < 1.29 is 13.9 Å². The van der Waals surface area contributed by atoms with E-state index in [0.29, 0.717) is 17.3 Å². The maximum atomic E-state index is 14.4. The molecule has 0 saturated heterocycles. The Morgan fingerprint density at radius 1 is 1.17 bits per heavy atom. The third kappa shape index (κ3) is 3.37. The molecule has 1 aliphatic rings. The first-order chi connectivity index (χ1) is 14.3. The summed E-state index contributed by atoms with van der Waals surface area (Å²) in [5.74, 6) is -0.812. The van der Waals surface area contributed by atoms with Gasteiger partial charge in [-0.1, -0.05) is 19.9 Å². The first-order valence-corrected chi connectivity index (χ1v) is 10.1. The van der Waals surface area contributed by atoms with Gasteiger partial charge in [0.15, 0.2) is 0 Å². The van der Waals surface area contributed by atoms with Crippen molar-refractivity contribution in [1.29, 1.82) is 0 Å². The summed E-state index contributed by atoms with van der Waals surface area (Å²) in [5, 5.41) is 18.2. The topological polar surface area (TPSA) is 71.8 Å². The minimum absolute atomic E-state index is 0.162. The van der Waals surface area contributed by atoms with Gasteiger partial charge in [-0.25, -0.2) is 8.78 Å². The van der Waals surface area contributed by atoms with Gasteiger partial charge >= 0.3 is 0 Å². The molecule has 0 unspecified atom stereocenters. The standard InChI is InChI=1S/C23H24F2N4O/c1-13(2)15-7-8-23(3,20-11-26-10-14(12-30)27-20)22-16(15)9-19(28-29-22)21-17(24)5-4-6-18(21)25/h4-6,9-11,13,15,30H,7-8,12H2,1-3H3/t15-,23-/m1/s1. The largest absolute Gasteiger partial charge is 0.390 e. The van der Waals surface area contributed by atoms with Crippen LogP contribution in [0.3, 0.4) is 0 Å². The van der Waals surface area contributed by atoms with Crippen LogP contribution in [0, 0.1) is 17.6 Å². The second-order valence-electron chi connectivity index (χ2n) is 8.41. The van der Waals surface area contributed by atoms with Crippen LogP contribution in [-0.2, 0) is 12.0 Å². The van der Waals surface area contributed by atoms with E-state index in [2.05, 4.69) is 34.0 Å². The van der Waals surface area contributed by atoms with Crippen LogP contribution in [0.4, 0.5) is 8.78 Å². The van der Waals surface area contributed by atoms with E-state index in [-0.39, 0.29) is 23.8 Å². The maximum Gasteiger partial charge on any atom is 0.135 e. The Morgan fingerprint density at radius 2 is 1.90 bits per heavy atom. The van der Waals surface area contributed by atoms with Gasteiger partial charge in [0.25, 0.3) is 0 Å². The Bertz CT molecular complexity index is 1070. The molecule has 156 valence electrons. The predicted molar refractivity (Wildman–Crippen MR) is 109 cm³/mol. The number of rotatable bonds is 4. The summed E-state index contributed by atoms with van der Waals surface area (Å²) in [6, 6.07) is 5.55. The molecule has 2 atom stereocenters. The lowest BCUT2D eigenvalue weighted by Crippen LogP contribution is -2.35. The number of aliphatic hydroxyl groups is 1. The van der Waals surface area contributed by atoms with Gasteiger partial charge in [0.05, 0.1) is 46.6 Å². The molecule has 0 radical (unpaired) electrons. The minimum Gasteiger partial charge on any atom is -0.390 e. The Kier molecular flexibility index (Phi) is 5.32. The molecule has 4 rings (SSSR count). The van der Waals surface area contributed by atoms with Crippen LogP contribution in [0.25, 0.3) is 11.3 Å². The molecule has 0 spiro atoms. The van der Waals surface area contributed by atoms with Crippen molar-refractivity contribution in [3.8, 4) is 11.3 Å². The van der Waals surface area contributed by atoms with Crippen LogP contribution < -0.4 is 0 Å². The maximum absolute atomic E-state index is 14.4. The summed E-state index contributed by atoms with van der Waals surface area (Å²) in [7, 11) is 0. The van der Waals surface area contributed by atoms with Crippen molar-refractivity contribution in [2.45, 2.75) is 51.6 Å². The van der Waals surface area contributed by atoms with E-state index in [1.165, 1.54) is 24.4 Å². The molecule has 0 fully saturated rings. The molecule has 0 aliphatic heterocycles.